The molecule has 6 heteroatoms. The summed E-state index contributed by atoms with van der Waals surface area (Å²) in [5, 5.41) is 0. The first kappa shape index (κ1) is 36.0. The monoisotopic (exact) mass is 528 g/mol. The lowest BCUT2D eigenvalue weighted by atomic mass is 10.1. The van der Waals surface area contributed by atoms with Gasteiger partial charge < -0.3 is 23.7 Å². The highest BCUT2D eigenvalue weighted by molar-refractivity contribution is 5.69. The SMILES string of the molecule is C=CCCCCCCCCCC(=O)OC(COC(C)(C)CCOC(C)C)COC(C)(C)CCOC(C)C. The summed E-state index contributed by atoms with van der Waals surface area (Å²) in [7, 11) is 0. The zero-order chi connectivity index (χ0) is 28.2. The highest BCUT2D eigenvalue weighted by Gasteiger charge is 2.26. The Morgan fingerprint density at radius 3 is 1.59 bits per heavy atom. The van der Waals surface area contributed by atoms with Crippen molar-refractivity contribution in [3.05, 3.63) is 12.7 Å². The topological polar surface area (TPSA) is 63.2 Å². The Kier molecular flexibility index (Phi) is 20.4. The van der Waals surface area contributed by atoms with E-state index in [-0.39, 0.29) is 29.4 Å². The van der Waals surface area contributed by atoms with Crippen LogP contribution < -0.4 is 0 Å². The molecule has 0 N–H and O–H groups in total. The van der Waals surface area contributed by atoms with Crippen molar-refractivity contribution in [1.29, 1.82) is 0 Å². The van der Waals surface area contributed by atoms with Crippen LogP contribution in [0.15, 0.2) is 12.7 Å². The van der Waals surface area contributed by atoms with Crippen LogP contribution in [0.1, 0.15) is 126 Å². The van der Waals surface area contributed by atoms with Crippen LogP contribution in [-0.4, -0.2) is 61.9 Å². The summed E-state index contributed by atoms with van der Waals surface area (Å²) in [6.07, 6.45) is 13.0. The number of rotatable bonds is 25. The Balaban J connectivity index is 4.64. The van der Waals surface area contributed by atoms with E-state index in [0.29, 0.717) is 32.8 Å². The number of ether oxygens (including phenoxy) is 5. The molecule has 0 radical (unpaired) electrons. The van der Waals surface area contributed by atoms with Crippen molar-refractivity contribution in [3.63, 3.8) is 0 Å². The molecule has 0 saturated carbocycles. The summed E-state index contributed by atoms with van der Waals surface area (Å²) in [6.45, 7) is 21.9. The van der Waals surface area contributed by atoms with Gasteiger partial charge in [-0.05, 0) is 87.5 Å². The van der Waals surface area contributed by atoms with Gasteiger partial charge in [-0.15, -0.1) is 6.58 Å². The minimum Gasteiger partial charge on any atom is -0.457 e. The Bertz CT molecular complexity index is 540. The Labute approximate surface area is 229 Å². The fraction of sp³-hybridized carbons (Fsp3) is 0.903. The molecule has 37 heavy (non-hydrogen) atoms. The maximum atomic E-state index is 12.6. The van der Waals surface area contributed by atoms with Gasteiger partial charge in [-0.3, -0.25) is 4.79 Å². The number of hydrogen-bond acceptors (Lipinski definition) is 6. The maximum absolute atomic E-state index is 12.6. The number of carbonyl (C=O) groups excluding carboxylic acids is 1. The van der Waals surface area contributed by atoms with Crippen LogP contribution >= 0.6 is 0 Å². The standard InChI is InChI=1S/C31H60O6/c1-10-11-12-13-14-15-16-17-18-19-29(32)37-28(24-35-30(6,7)20-22-33-26(2)3)25-36-31(8,9)21-23-34-27(4)5/h10,26-28H,1,11-25H2,2-9H3. The fourth-order valence-corrected chi connectivity index (χ4v) is 3.67. The first-order valence-corrected chi connectivity index (χ1v) is 14.7. The Morgan fingerprint density at radius 1 is 0.730 bits per heavy atom. The average molecular weight is 529 g/mol. The second kappa shape index (κ2) is 20.9. The molecule has 0 rings (SSSR count). The lowest BCUT2D eigenvalue weighted by Crippen LogP contribution is -2.38. The van der Waals surface area contributed by atoms with Crippen molar-refractivity contribution < 1.29 is 28.5 Å². The number of esters is 1. The zero-order valence-corrected chi connectivity index (χ0v) is 25.6. The quantitative estimate of drug-likeness (QED) is 0.0684. The van der Waals surface area contributed by atoms with Crippen LogP contribution in [0, 0.1) is 0 Å². The summed E-state index contributed by atoms with van der Waals surface area (Å²) in [4.78, 5) is 12.6. The molecular weight excluding hydrogens is 468 g/mol. The molecule has 0 saturated heterocycles. The summed E-state index contributed by atoms with van der Waals surface area (Å²) >= 11 is 0. The van der Waals surface area contributed by atoms with Crippen molar-refractivity contribution >= 4 is 5.97 Å². The van der Waals surface area contributed by atoms with Crippen LogP contribution in [0.3, 0.4) is 0 Å². The van der Waals surface area contributed by atoms with Crippen molar-refractivity contribution in [2.45, 2.75) is 156 Å². The fourth-order valence-electron chi connectivity index (χ4n) is 3.67. The van der Waals surface area contributed by atoms with Crippen LogP contribution in [-0.2, 0) is 28.5 Å². The van der Waals surface area contributed by atoms with E-state index in [9.17, 15) is 4.79 Å². The first-order chi connectivity index (χ1) is 17.4. The van der Waals surface area contributed by atoms with Gasteiger partial charge in [0.1, 0.15) is 6.10 Å². The third-order valence-electron chi connectivity index (χ3n) is 6.22. The lowest BCUT2D eigenvalue weighted by Gasteiger charge is -2.31. The van der Waals surface area contributed by atoms with E-state index >= 15 is 0 Å². The van der Waals surface area contributed by atoms with Gasteiger partial charge in [-0.2, -0.15) is 0 Å². The van der Waals surface area contributed by atoms with Crippen LogP contribution in [0.5, 0.6) is 0 Å². The third kappa shape index (κ3) is 23.9. The van der Waals surface area contributed by atoms with E-state index in [0.717, 1.165) is 38.5 Å². The highest BCUT2D eigenvalue weighted by Crippen LogP contribution is 2.20. The molecule has 0 aromatic heterocycles. The molecule has 0 atom stereocenters. The van der Waals surface area contributed by atoms with Crippen molar-refractivity contribution in [3.8, 4) is 0 Å². The smallest absolute Gasteiger partial charge is 0.306 e. The number of allylic oxidation sites excluding steroid dienone is 1. The van der Waals surface area contributed by atoms with Crippen molar-refractivity contribution in [2.24, 2.45) is 0 Å². The van der Waals surface area contributed by atoms with E-state index in [1.165, 1.54) is 25.7 Å². The van der Waals surface area contributed by atoms with E-state index in [2.05, 4.69) is 6.58 Å². The lowest BCUT2D eigenvalue weighted by molar-refractivity contribution is -0.168. The molecule has 0 aromatic carbocycles. The van der Waals surface area contributed by atoms with E-state index in [1.54, 1.807) is 0 Å². The van der Waals surface area contributed by atoms with Gasteiger partial charge in [0.05, 0.1) is 36.6 Å². The molecule has 0 amide bonds. The van der Waals surface area contributed by atoms with Crippen molar-refractivity contribution in [1.82, 2.24) is 0 Å². The van der Waals surface area contributed by atoms with Crippen LogP contribution in [0.4, 0.5) is 0 Å². The van der Waals surface area contributed by atoms with E-state index < -0.39 is 6.10 Å². The molecule has 0 aromatic rings. The molecule has 0 aliphatic rings. The third-order valence-corrected chi connectivity index (χ3v) is 6.22. The Morgan fingerprint density at radius 2 is 1.16 bits per heavy atom. The molecule has 0 fully saturated rings. The van der Waals surface area contributed by atoms with Gasteiger partial charge in [0.15, 0.2) is 0 Å². The van der Waals surface area contributed by atoms with Crippen LogP contribution in [0.2, 0.25) is 0 Å². The number of hydrogen-bond donors (Lipinski definition) is 0. The highest BCUT2D eigenvalue weighted by atomic mass is 16.6. The van der Waals surface area contributed by atoms with Gasteiger partial charge in [0.25, 0.3) is 0 Å². The molecule has 0 aliphatic carbocycles. The molecule has 0 heterocycles. The predicted molar refractivity (Wildman–Crippen MR) is 153 cm³/mol. The molecule has 0 bridgehead atoms. The molecular formula is C31H60O6. The summed E-state index contributed by atoms with van der Waals surface area (Å²) in [5.41, 5.74) is -0.766. The molecule has 6 nitrogen and oxygen atoms in total. The number of carbonyl (C=O) groups is 1. The van der Waals surface area contributed by atoms with Gasteiger partial charge in [-0.1, -0.05) is 38.2 Å². The van der Waals surface area contributed by atoms with Gasteiger partial charge in [-0.25, -0.2) is 0 Å². The average Bonchev–Trinajstić information content (AvgIpc) is 2.79. The normalized spacial score (nSPS) is 12.6. The van der Waals surface area contributed by atoms with Gasteiger partial charge >= 0.3 is 5.97 Å². The van der Waals surface area contributed by atoms with Crippen LogP contribution in [0.25, 0.3) is 0 Å². The Hall–Kier alpha value is -0.950. The van der Waals surface area contributed by atoms with E-state index in [1.807, 2.05) is 61.5 Å². The molecule has 0 aliphatic heterocycles. The largest absolute Gasteiger partial charge is 0.457 e. The molecule has 0 spiro atoms. The van der Waals surface area contributed by atoms with Gasteiger partial charge in [0, 0.05) is 19.6 Å². The summed E-state index contributed by atoms with van der Waals surface area (Å²) in [6, 6.07) is 0. The first-order valence-electron chi connectivity index (χ1n) is 14.7. The maximum Gasteiger partial charge on any atom is 0.306 e. The molecule has 220 valence electrons. The van der Waals surface area contributed by atoms with E-state index in [4.69, 9.17) is 23.7 Å². The second-order valence-corrected chi connectivity index (χ2v) is 11.9. The predicted octanol–water partition coefficient (Wildman–Crippen LogP) is 7.82. The van der Waals surface area contributed by atoms with Crippen molar-refractivity contribution in [2.75, 3.05) is 26.4 Å². The second-order valence-electron chi connectivity index (χ2n) is 11.9. The van der Waals surface area contributed by atoms with Gasteiger partial charge in [0.2, 0.25) is 0 Å². The minimum atomic E-state index is -0.451. The summed E-state index contributed by atoms with van der Waals surface area (Å²) in [5.74, 6) is -0.176. The zero-order valence-electron chi connectivity index (χ0n) is 25.6. The number of unbranched alkanes of at least 4 members (excludes halogenated alkanes) is 7. The molecule has 0 unspecified atom stereocenters. The minimum absolute atomic E-state index is 0.176. The summed E-state index contributed by atoms with van der Waals surface area (Å²) < 4.78 is 29.6.